The van der Waals surface area contributed by atoms with Crippen molar-refractivity contribution in [2.24, 2.45) is 5.92 Å². The van der Waals surface area contributed by atoms with Crippen LogP contribution in [-0.4, -0.2) is 63.2 Å². The molecule has 30 heavy (non-hydrogen) atoms. The maximum absolute atomic E-state index is 12.7. The predicted octanol–water partition coefficient (Wildman–Crippen LogP) is 2.65. The summed E-state index contributed by atoms with van der Waals surface area (Å²) in [5.74, 6) is -0.0443. The molecule has 1 amide bonds. The quantitative estimate of drug-likeness (QED) is 0.742. The van der Waals surface area contributed by atoms with Gasteiger partial charge in [-0.15, -0.1) is 0 Å². The van der Waals surface area contributed by atoms with Crippen LogP contribution in [0.1, 0.15) is 46.5 Å². The molecule has 0 spiro atoms. The molecule has 1 aromatic carbocycles. The van der Waals surface area contributed by atoms with Gasteiger partial charge in [-0.25, -0.2) is 13.1 Å². The summed E-state index contributed by atoms with van der Waals surface area (Å²) in [4.78, 5) is 17.4. The van der Waals surface area contributed by atoms with Gasteiger partial charge in [0.25, 0.3) is 0 Å². The van der Waals surface area contributed by atoms with E-state index in [1.165, 1.54) is 5.69 Å². The monoisotopic (exact) mass is 436 g/mol. The molecule has 0 unspecified atom stereocenters. The number of nitrogens with zero attached hydrogens (tertiary/aromatic N) is 2. The number of carbonyl (C=O) groups excluding carboxylic acids is 1. The van der Waals surface area contributed by atoms with Gasteiger partial charge in [-0.3, -0.25) is 4.79 Å². The Labute approximate surface area is 181 Å². The van der Waals surface area contributed by atoms with Crippen molar-refractivity contribution in [3.05, 3.63) is 24.3 Å². The summed E-state index contributed by atoms with van der Waals surface area (Å²) >= 11 is 0. The van der Waals surface area contributed by atoms with Gasteiger partial charge >= 0.3 is 0 Å². The van der Waals surface area contributed by atoms with Crippen LogP contribution in [0.15, 0.2) is 24.3 Å². The van der Waals surface area contributed by atoms with Crippen LogP contribution in [0.5, 0.6) is 0 Å². The number of nitrogens with one attached hydrogen (secondary N) is 2. The Morgan fingerprint density at radius 1 is 0.967 bits per heavy atom. The van der Waals surface area contributed by atoms with Gasteiger partial charge in [-0.05, 0) is 77.8 Å². The Kier molecular flexibility index (Phi) is 7.09. The lowest BCUT2D eigenvalue weighted by molar-refractivity contribution is -0.120. The van der Waals surface area contributed by atoms with Crippen LogP contribution in [0.25, 0.3) is 0 Å². The largest absolute Gasteiger partial charge is 0.369 e. The molecule has 1 aromatic rings. The van der Waals surface area contributed by atoms with Crippen molar-refractivity contribution >= 4 is 27.3 Å². The minimum absolute atomic E-state index is 0.0273. The molecular weight excluding hydrogens is 400 g/mol. The highest BCUT2D eigenvalue weighted by atomic mass is 32.2. The van der Waals surface area contributed by atoms with Crippen LogP contribution in [0.4, 0.5) is 11.4 Å². The van der Waals surface area contributed by atoms with Crippen LogP contribution in [0, 0.1) is 5.92 Å². The van der Waals surface area contributed by atoms with E-state index >= 15 is 0 Å². The van der Waals surface area contributed by atoms with E-state index in [0.717, 1.165) is 31.9 Å². The number of rotatable bonds is 5. The molecule has 1 heterocycles. The van der Waals surface area contributed by atoms with Crippen molar-refractivity contribution in [3.63, 3.8) is 0 Å². The molecule has 1 saturated heterocycles. The third-order valence-electron chi connectivity index (χ3n) is 6.23. The average molecular weight is 437 g/mol. The first-order chi connectivity index (χ1) is 14.0. The summed E-state index contributed by atoms with van der Waals surface area (Å²) < 4.78 is 26.7. The lowest BCUT2D eigenvalue weighted by Gasteiger charge is -2.34. The minimum atomic E-state index is -3.36. The third kappa shape index (κ3) is 5.74. The van der Waals surface area contributed by atoms with Crippen molar-refractivity contribution in [1.29, 1.82) is 0 Å². The molecule has 168 valence electrons. The van der Waals surface area contributed by atoms with E-state index in [4.69, 9.17) is 0 Å². The highest BCUT2D eigenvalue weighted by Gasteiger charge is 2.34. The molecule has 2 aliphatic rings. The SMILES string of the molecule is CN1CCN(c2ccc(NC(=O)C3CCC(NS(=O)(=O)C(C)(C)C)CC3)cc2)CC1. The summed E-state index contributed by atoms with van der Waals surface area (Å²) in [5, 5.41) is 3.03. The van der Waals surface area contributed by atoms with Crippen molar-refractivity contribution in [2.75, 3.05) is 43.4 Å². The molecule has 1 aliphatic carbocycles. The van der Waals surface area contributed by atoms with Crippen LogP contribution >= 0.6 is 0 Å². The molecule has 0 aromatic heterocycles. The fraction of sp³-hybridized carbons (Fsp3) is 0.682. The first kappa shape index (κ1) is 23.0. The molecule has 8 heteroatoms. The van der Waals surface area contributed by atoms with Gasteiger partial charge in [-0.1, -0.05) is 0 Å². The standard InChI is InChI=1S/C22H36N4O3S/c1-22(2,3)30(28,29)24-19-7-5-17(6-8-19)21(27)23-18-9-11-20(12-10-18)26-15-13-25(4)14-16-26/h9-12,17,19,24H,5-8,13-16H2,1-4H3,(H,23,27). The summed E-state index contributed by atoms with van der Waals surface area (Å²) in [6.45, 7) is 9.26. The average Bonchev–Trinajstić information content (AvgIpc) is 2.68. The minimum Gasteiger partial charge on any atom is -0.369 e. The third-order valence-corrected chi connectivity index (χ3v) is 8.49. The van der Waals surface area contributed by atoms with Crippen molar-refractivity contribution in [1.82, 2.24) is 9.62 Å². The van der Waals surface area contributed by atoms with Gasteiger partial charge in [0.05, 0.1) is 4.75 Å². The molecule has 0 atom stereocenters. The topological polar surface area (TPSA) is 81.8 Å². The van der Waals surface area contributed by atoms with E-state index in [1.807, 2.05) is 12.1 Å². The second-order valence-electron chi connectivity index (χ2n) is 9.61. The zero-order valence-corrected chi connectivity index (χ0v) is 19.5. The van der Waals surface area contributed by atoms with Crippen LogP contribution in [0.3, 0.4) is 0 Å². The molecular formula is C22H36N4O3S. The Hall–Kier alpha value is -1.64. The molecule has 1 aliphatic heterocycles. The van der Waals surface area contributed by atoms with Crippen LogP contribution in [-0.2, 0) is 14.8 Å². The van der Waals surface area contributed by atoms with Gasteiger partial charge in [-0.2, -0.15) is 0 Å². The molecule has 0 radical (unpaired) electrons. The fourth-order valence-corrected chi connectivity index (χ4v) is 4.96. The van der Waals surface area contributed by atoms with E-state index in [-0.39, 0.29) is 17.9 Å². The predicted molar refractivity (Wildman–Crippen MR) is 122 cm³/mol. The maximum atomic E-state index is 12.7. The molecule has 3 rings (SSSR count). The number of hydrogen-bond acceptors (Lipinski definition) is 5. The number of likely N-dealkylation sites (N-methyl/N-ethyl adjacent to an activating group) is 1. The second kappa shape index (κ2) is 9.24. The Morgan fingerprint density at radius 3 is 2.07 bits per heavy atom. The van der Waals surface area contributed by atoms with Gasteiger partial charge in [0.15, 0.2) is 0 Å². The molecule has 2 fully saturated rings. The number of anilines is 2. The first-order valence-electron chi connectivity index (χ1n) is 10.9. The zero-order valence-electron chi connectivity index (χ0n) is 18.6. The number of amides is 1. The zero-order chi connectivity index (χ0) is 21.9. The highest BCUT2D eigenvalue weighted by molar-refractivity contribution is 7.90. The smallest absolute Gasteiger partial charge is 0.227 e. The molecule has 2 N–H and O–H groups in total. The Morgan fingerprint density at radius 2 is 1.53 bits per heavy atom. The number of carbonyl (C=O) groups is 1. The van der Waals surface area contributed by atoms with Gasteiger partial charge in [0.2, 0.25) is 15.9 Å². The van der Waals surface area contributed by atoms with Gasteiger partial charge in [0, 0.05) is 49.5 Å². The Bertz CT molecular complexity index is 817. The van der Waals surface area contributed by atoms with E-state index < -0.39 is 14.8 Å². The maximum Gasteiger partial charge on any atom is 0.227 e. The number of benzene rings is 1. The fourth-order valence-electron chi connectivity index (χ4n) is 3.93. The number of piperazine rings is 1. The Balaban J connectivity index is 1.48. The van der Waals surface area contributed by atoms with Gasteiger partial charge < -0.3 is 15.1 Å². The van der Waals surface area contributed by atoms with Crippen molar-refractivity contribution < 1.29 is 13.2 Å². The summed E-state index contributed by atoms with van der Waals surface area (Å²) in [7, 11) is -1.22. The normalized spacial score (nSPS) is 23.9. The molecule has 1 saturated carbocycles. The summed E-state index contributed by atoms with van der Waals surface area (Å²) in [5.41, 5.74) is 2.00. The molecule has 0 bridgehead atoms. The van der Waals surface area contributed by atoms with E-state index in [2.05, 4.69) is 39.0 Å². The van der Waals surface area contributed by atoms with Crippen LogP contribution in [0.2, 0.25) is 0 Å². The van der Waals surface area contributed by atoms with Gasteiger partial charge in [0.1, 0.15) is 0 Å². The van der Waals surface area contributed by atoms with E-state index in [9.17, 15) is 13.2 Å². The number of sulfonamides is 1. The summed E-state index contributed by atoms with van der Waals surface area (Å²) in [6, 6.07) is 7.99. The molecule has 7 nitrogen and oxygen atoms in total. The van der Waals surface area contributed by atoms with Crippen molar-refractivity contribution in [3.8, 4) is 0 Å². The number of hydrogen-bond donors (Lipinski definition) is 2. The second-order valence-corrected chi connectivity index (χ2v) is 12.1. The van der Waals surface area contributed by atoms with Crippen molar-refractivity contribution in [2.45, 2.75) is 57.2 Å². The van der Waals surface area contributed by atoms with E-state index in [0.29, 0.717) is 25.7 Å². The highest BCUT2D eigenvalue weighted by Crippen LogP contribution is 2.28. The first-order valence-corrected chi connectivity index (χ1v) is 12.4. The van der Waals surface area contributed by atoms with E-state index in [1.54, 1.807) is 20.8 Å². The van der Waals surface area contributed by atoms with Crippen LogP contribution < -0.4 is 14.9 Å². The lowest BCUT2D eigenvalue weighted by Crippen LogP contribution is -2.46. The lowest BCUT2D eigenvalue weighted by atomic mass is 9.86. The summed E-state index contributed by atoms with van der Waals surface area (Å²) in [6.07, 6.45) is 2.77.